The summed E-state index contributed by atoms with van der Waals surface area (Å²) in [7, 11) is 0. The molecule has 31 heavy (non-hydrogen) atoms. The van der Waals surface area contributed by atoms with Crippen molar-refractivity contribution in [2.75, 3.05) is 13.1 Å². The van der Waals surface area contributed by atoms with Gasteiger partial charge in [-0.05, 0) is 48.4 Å². The van der Waals surface area contributed by atoms with E-state index in [-0.39, 0.29) is 29.2 Å². The Kier molecular flexibility index (Phi) is 7.38. The summed E-state index contributed by atoms with van der Waals surface area (Å²) in [6.07, 6.45) is 1.32. The number of likely N-dealkylation sites (tertiary alicyclic amines) is 1. The Morgan fingerprint density at radius 2 is 1.81 bits per heavy atom. The molecule has 0 saturated carbocycles. The standard InChI is InChI=1S/C23H26ClFN2O4/c1-14(2)21(26-22(29)19-13-16(25)5-8-20(19)28)23(30)27-11-9-18(10-12-27)31-17-6-3-15(24)4-7-17/h3-8,13-14,18,21,28H,9-12H2,1-2H3,(H,26,29)/t21-/m0/s1. The van der Waals surface area contributed by atoms with Gasteiger partial charge >= 0.3 is 0 Å². The van der Waals surface area contributed by atoms with Crippen LogP contribution in [0.2, 0.25) is 5.02 Å². The van der Waals surface area contributed by atoms with Crippen molar-refractivity contribution >= 4 is 23.4 Å². The Morgan fingerprint density at radius 1 is 1.16 bits per heavy atom. The second-order valence-electron chi connectivity index (χ2n) is 7.95. The highest BCUT2D eigenvalue weighted by molar-refractivity contribution is 6.30. The molecule has 1 heterocycles. The zero-order valence-electron chi connectivity index (χ0n) is 17.5. The molecule has 1 atom stereocenters. The van der Waals surface area contributed by atoms with E-state index in [0.717, 1.165) is 23.9 Å². The molecule has 2 N–H and O–H groups in total. The number of piperidine rings is 1. The fourth-order valence-corrected chi connectivity index (χ4v) is 3.65. The average molecular weight is 449 g/mol. The minimum atomic E-state index is -0.788. The highest BCUT2D eigenvalue weighted by atomic mass is 35.5. The molecule has 0 spiro atoms. The Hall–Kier alpha value is -2.80. The second kappa shape index (κ2) is 10.0. The molecule has 0 unspecified atom stereocenters. The van der Waals surface area contributed by atoms with Crippen molar-refractivity contribution in [1.82, 2.24) is 10.2 Å². The van der Waals surface area contributed by atoms with Gasteiger partial charge in [0.05, 0.1) is 5.56 Å². The lowest BCUT2D eigenvalue weighted by atomic mass is 9.99. The molecule has 3 rings (SSSR count). The van der Waals surface area contributed by atoms with Gasteiger partial charge in [0, 0.05) is 31.0 Å². The van der Waals surface area contributed by atoms with Gasteiger partial charge in [0.1, 0.15) is 29.5 Å². The largest absolute Gasteiger partial charge is 0.507 e. The molecule has 2 aromatic carbocycles. The van der Waals surface area contributed by atoms with E-state index in [0.29, 0.717) is 31.0 Å². The number of phenols is 1. The quantitative estimate of drug-likeness (QED) is 0.699. The van der Waals surface area contributed by atoms with Gasteiger partial charge in [0.25, 0.3) is 5.91 Å². The minimum absolute atomic E-state index is 0.0124. The molecule has 8 heteroatoms. The van der Waals surface area contributed by atoms with E-state index < -0.39 is 17.8 Å². The van der Waals surface area contributed by atoms with Crippen molar-refractivity contribution in [1.29, 1.82) is 0 Å². The third kappa shape index (κ3) is 5.88. The Balaban J connectivity index is 1.60. The topological polar surface area (TPSA) is 78.9 Å². The predicted octanol–water partition coefficient (Wildman–Crippen LogP) is 4.01. The average Bonchev–Trinajstić information content (AvgIpc) is 2.75. The first-order chi connectivity index (χ1) is 14.7. The monoisotopic (exact) mass is 448 g/mol. The van der Waals surface area contributed by atoms with Gasteiger partial charge in [-0.2, -0.15) is 0 Å². The van der Waals surface area contributed by atoms with Gasteiger partial charge in [-0.15, -0.1) is 0 Å². The van der Waals surface area contributed by atoms with Crippen LogP contribution in [0.3, 0.4) is 0 Å². The molecular weight excluding hydrogens is 423 g/mol. The number of carbonyl (C=O) groups excluding carboxylic acids is 2. The van der Waals surface area contributed by atoms with Crippen LogP contribution < -0.4 is 10.1 Å². The van der Waals surface area contributed by atoms with Crippen LogP contribution in [-0.4, -0.2) is 47.1 Å². The zero-order valence-corrected chi connectivity index (χ0v) is 18.2. The second-order valence-corrected chi connectivity index (χ2v) is 8.39. The third-order valence-electron chi connectivity index (χ3n) is 5.29. The van der Waals surface area contributed by atoms with Crippen molar-refractivity contribution < 1.29 is 23.8 Å². The first-order valence-electron chi connectivity index (χ1n) is 10.2. The fourth-order valence-electron chi connectivity index (χ4n) is 3.52. The molecule has 1 aliphatic rings. The number of hydrogen-bond donors (Lipinski definition) is 2. The first-order valence-corrected chi connectivity index (χ1v) is 10.6. The summed E-state index contributed by atoms with van der Waals surface area (Å²) in [4.78, 5) is 27.3. The minimum Gasteiger partial charge on any atom is -0.507 e. The van der Waals surface area contributed by atoms with E-state index in [4.69, 9.17) is 16.3 Å². The number of phenolic OH excluding ortho intramolecular Hbond substituents is 1. The Labute approximate surface area is 186 Å². The number of halogens is 2. The van der Waals surface area contributed by atoms with Crippen molar-refractivity contribution in [2.45, 2.75) is 38.8 Å². The normalized spacial score (nSPS) is 15.6. The van der Waals surface area contributed by atoms with E-state index in [9.17, 15) is 19.1 Å². The van der Waals surface area contributed by atoms with Crippen LogP contribution in [0.25, 0.3) is 0 Å². The maximum atomic E-state index is 13.5. The van der Waals surface area contributed by atoms with Crippen molar-refractivity contribution in [3.05, 3.63) is 58.9 Å². The maximum Gasteiger partial charge on any atom is 0.255 e. The first kappa shape index (κ1) is 22.9. The molecule has 2 amide bonds. The van der Waals surface area contributed by atoms with E-state index >= 15 is 0 Å². The van der Waals surface area contributed by atoms with Crippen molar-refractivity contribution in [2.24, 2.45) is 5.92 Å². The molecule has 6 nitrogen and oxygen atoms in total. The van der Waals surface area contributed by atoms with E-state index in [1.54, 1.807) is 17.0 Å². The molecule has 2 aromatic rings. The number of rotatable bonds is 6. The van der Waals surface area contributed by atoms with E-state index in [2.05, 4.69) is 5.32 Å². The fraction of sp³-hybridized carbons (Fsp3) is 0.391. The van der Waals surface area contributed by atoms with Gasteiger partial charge < -0.3 is 20.1 Å². The molecule has 1 fully saturated rings. The van der Waals surface area contributed by atoms with E-state index in [1.165, 1.54) is 0 Å². The smallest absolute Gasteiger partial charge is 0.255 e. The summed E-state index contributed by atoms with van der Waals surface area (Å²) in [5.41, 5.74) is -0.200. The number of carbonyl (C=O) groups is 2. The van der Waals surface area contributed by atoms with Crippen LogP contribution in [0.5, 0.6) is 11.5 Å². The summed E-state index contributed by atoms with van der Waals surface area (Å²) < 4.78 is 19.4. The number of amides is 2. The maximum absolute atomic E-state index is 13.5. The molecule has 1 aliphatic heterocycles. The number of nitrogens with one attached hydrogen (secondary N) is 1. The zero-order chi connectivity index (χ0) is 22.5. The lowest BCUT2D eigenvalue weighted by Crippen LogP contribution is -2.53. The van der Waals surface area contributed by atoms with Crippen LogP contribution in [0.1, 0.15) is 37.0 Å². The van der Waals surface area contributed by atoms with Crippen molar-refractivity contribution in [3.63, 3.8) is 0 Å². The van der Waals surface area contributed by atoms with Crippen LogP contribution in [-0.2, 0) is 4.79 Å². The van der Waals surface area contributed by atoms with Gasteiger partial charge in [-0.3, -0.25) is 9.59 Å². The van der Waals surface area contributed by atoms with Crippen LogP contribution in [0.4, 0.5) is 4.39 Å². The Morgan fingerprint density at radius 3 is 2.42 bits per heavy atom. The molecule has 166 valence electrons. The predicted molar refractivity (Wildman–Crippen MR) is 116 cm³/mol. The lowest BCUT2D eigenvalue weighted by Gasteiger charge is -2.35. The molecular formula is C23H26ClFN2O4. The van der Waals surface area contributed by atoms with Crippen LogP contribution in [0, 0.1) is 11.7 Å². The number of benzene rings is 2. The highest BCUT2D eigenvalue weighted by Crippen LogP contribution is 2.23. The van der Waals surface area contributed by atoms with E-state index in [1.807, 2.05) is 26.0 Å². The number of aromatic hydroxyl groups is 1. The van der Waals surface area contributed by atoms with Gasteiger partial charge in [0.15, 0.2) is 0 Å². The number of ether oxygens (including phenoxy) is 1. The summed E-state index contributed by atoms with van der Waals surface area (Å²) in [6.45, 7) is 4.65. The van der Waals surface area contributed by atoms with Crippen molar-refractivity contribution in [3.8, 4) is 11.5 Å². The molecule has 0 bridgehead atoms. The van der Waals surface area contributed by atoms with Gasteiger partial charge in [-0.25, -0.2) is 4.39 Å². The highest BCUT2D eigenvalue weighted by Gasteiger charge is 2.32. The summed E-state index contributed by atoms with van der Waals surface area (Å²) in [5, 5.41) is 13.2. The van der Waals surface area contributed by atoms with Gasteiger partial charge in [-0.1, -0.05) is 25.4 Å². The third-order valence-corrected chi connectivity index (χ3v) is 5.54. The number of hydrogen-bond acceptors (Lipinski definition) is 4. The SMILES string of the molecule is CC(C)[C@H](NC(=O)c1cc(F)ccc1O)C(=O)N1CCC(Oc2ccc(Cl)cc2)CC1. The molecule has 0 radical (unpaired) electrons. The summed E-state index contributed by atoms with van der Waals surface area (Å²) in [5.74, 6) is -1.33. The van der Waals surface area contributed by atoms with Gasteiger partial charge in [0.2, 0.25) is 5.91 Å². The molecule has 0 aromatic heterocycles. The molecule has 0 aliphatic carbocycles. The Bertz CT molecular complexity index is 928. The lowest BCUT2D eigenvalue weighted by molar-refractivity contribution is -0.136. The van der Waals surface area contributed by atoms with Crippen LogP contribution >= 0.6 is 11.6 Å². The molecule has 1 saturated heterocycles. The summed E-state index contributed by atoms with van der Waals surface area (Å²) >= 11 is 5.89. The number of nitrogens with zero attached hydrogens (tertiary/aromatic N) is 1. The summed E-state index contributed by atoms with van der Waals surface area (Å²) in [6, 6.07) is 9.49. The van der Waals surface area contributed by atoms with Crippen LogP contribution in [0.15, 0.2) is 42.5 Å².